The van der Waals surface area contributed by atoms with Gasteiger partial charge in [-0.1, -0.05) is 71.7 Å². The van der Waals surface area contributed by atoms with E-state index in [-0.39, 0.29) is 5.78 Å². The van der Waals surface area contributed by atoms with E-state index in [1.807, 2.05) is 12.1 Å². The smallest absolute Gasteiger partial charge is 0.253 e. The minimum absolute atomic E-state index is 0.00883. The fourth-order valence-electron chi connectivity index (χ4n) is 2.45. The van der Waals surface area contributed by atoms with Gasteiger partial charge in [0, 0.05) is 5.56 Å². The van der Waals surface area contributed by atoms with E-state index in [0.29, 0.717) is 11.1 Å². The summed E-state index contributed by atoms with van der Waals surface area (Å²) in [5.74, 6) is -0.775. The number of rotatable bonds is 7. The second-order valence-electron chi connectivity index (χ2n) is 5.77. The van der Waals surface area contributed by atoms with Crippen LogP contribution in [0.2, 0.25) is 0 Å². The number of benzene rings is 2. The van der Waals surface area contributed by atoms with E-state index in [2.05, 4.69) is 5.32 Å². The molecule has 0 saturated heterocycles. The average Bonchev–Trinajstić information content (AvgIpc) is 2.65. The molecular weight excluding hydrogens is 380 g/mol. The molecular formula is C19H18Cl2FNO3. The van der Waals surface area contributed by atoms with Crippen LogP contribution in [0.3, 0.4) is 0 Å². The highest BCUT2D eigenvalue weighted by molar-refractivity contribution is 6.53. The first-order chi connectivity index (χ1) is 12.3. The number of aliphatic hydroxyl groups excluding tert-OH is 1. The standard InChI is InChI=1S/C19H18Cl2FNO3/c1-11(24)12-2-4-13(5-3-12)14-6-8-15(9-7-14)17(25)16(10-22)23-19(26)18(20)21/h2-9,16-18,25H,10H2,1H3,(H,23,26)/t16-,17-/m1/s1. The lowest BCUT2D eigenvalue weighted by molar-refractivity contribution is -0.121. The topological polar surface area (TPSA) is 66.4 Å². The molecule has 2 aromatic rings. The van der Waals surface area contributed by atoms with Crippen LogP contribution < -0.4 is 5.32 Å². The Kier molecular flexibility index (Phi) is 7.14. The van der Waals surface area contributed by atoms with Gasteiger partial charge in [-0.3, -0.25) is 9.59 Å². The molecule has 0 heterocycles. The number of aliphatic hydroxyl groups is 1. The molecule has 0 aliphatic rings. The summed E-state index contributed by atoms with van der Waals surface area (Å²) in [7, 11) is 0. The van der Waals surface area contributed by atoms with Crippen molar-refractivity contribution in [1.82, 2.24) is 5.32 Å². The molecule has 0 fully saturated rings. The summed E-state index contributed by atoms with van der Waals surface area (Å²) in [5, 5.41) is 12.6. The average molecular weight is 398 g/mol. The third-order valence-corrected chi connectivity index (χ3v) is 4.35. The highest BCUT2D eigenvalue weighted by Gasteiger charge is 2.25. The number of hydrogen-bond acceptors (Lipinski definition) is 3. The van der Waals surface area contributed by atoms with Crippen molar-refractivity contribution in [3.8, 4) is 11.1 Å². The molecule has 26 heavy (non-hydrogen) atoms. The van der Waals surface area contributed by atoms with Crippen LogP contribution >= 0.6 is 23.2 Å². The van der Waals surface area contributed by atoms with Crippen molar-refractivity contribution >= 4 is 34.9 Å². The Hall–Kier alpha value is -1.95. The van der Waals surface area contributed by atoms with E-state index in [1.165, 1.54) is 6.92 Å². The molecule has 0 saturated carbocycles. The Morgan fingerprint density at radius 1 is 1.04 bits per heavy atom. The number of halogens is 3. The highest BCUT2D eigenvalue weighted by Crippen LogP contribution is 2.24. The lowest BCUT2D eigenvalue weighted by Gasteiger charge is -2.22. The van der Waals surface area contributed by atoms with Crippen LogP contribution in [0.5, 0.6) is 0 Å². The number of Topliss-reactive ketones (excluding diaryl/α,β-unsaturated/α-hetero) is 1. The van der Waals surface area contributed by atoms with Crippen molar-refractivity contribution in [3.63, 3.8) is 0 Å². The van der Waals surface area contributed by atoms with Gasteiger partial charge in [0.05, 0.1) is 6.04 Å². The van der Waals surface area contributed by atoms with Crippen LogP contribution in [0.1, 0.15) is 28.9 Å². The van der Waals surface area contributed by atoms with E-state index < -0.39 is 29.6 Å². The molecule has 0 radical (unpaired) electrons. The Morgan fingerprint density at radius 3 is 1.96 bits per heavy atom. The monoisotopic (exact) mass is 397 g/mol. The predicted octanol–water partition coefficient (Wildman–Crippen LogP) is 3.85. The second kappa shape index (κ2) is 9.12. The van der Waals surface area contributed by atoms with Crippen molar-refractivity contribution in [3.05, 3.63) is 59.7 Å². The molecule has 2 N–H and O–H groups in total. The van der Waals surface area contributed by atoms with Crippen molar-refractivity contribution in [1.29, 1.82) is 0 Å². The Bertz CT molecular complexity index is 763. The summed E-state index contributed by atoms with van der Waals surface area (Å²) in [6.45, 7) is 0.531. The van der Waals surface area contributed by atoms with Gasteiger partial charge in [0.15, 0.2) is 10.6 Å². The van der Waals surface area contributed by atoms with Crippen LogP contribution in [-0.2, 0) is 4.79 Å². The van der Waals surface area contributed by atoms with Crippen molar-refractivity contribution in [2.24, 2.45) is 0 Å². The zero-order valence-electron chi connectivity index (χ0n) is 14.0. The minimum atomic E-state index is -1.34. The molecule has 0 unspecified atom stereocenters. The largest absolute Gasteiger partial charge is 0.386 e. The highest BCUT2D eigenvalue weighted by atomic mass is 35.5. The summed E-state index contributed by atoms with van der Waals surface area (Å²) in [6.07, 6.45) is -1.25. The van der Waals surface area contributed by atoms with Crippen LogP contribution in [0.25, 0.3) is 11.1 Å². The molecule has 2 aromatic carbocycles. The van der Waals surface area contributed by atoms with Gasteiger partial charge in [0.1, 0.15) is 12.8 Å². The van der Waals surface area contributed by atoms with Gasteiger partial charge in [0.2, 0.25) is 0 Å². The number of nitrogens with one attached hydrogen (secondary N) is 1. The first-order valence-electron chi connectivity index (χ1n) is 7.87. The molecule has 2 rings (SSSR count). The number of carbonyl (C=O) groups excluding carboxylic acids is 2. The summed E-state index contributed by atoms with van der Waals surface area (Å²) in [6, 6.07) is 12.8. The van der Waals surface area contributed by atoms with E-state index in [0.717, 1.165) is 11.1 Å². The Morgan fingerprint density at radius 2 is 1.54 bits per heavy atom. The molecule has 0 spiro atoms. The molecule has 2 atom stereocenters. The molecule has 1 amide bonds. The third-order valence-electron chi connectivity index (χ3n) is 3.95. The lowest BCUT2D eigenvalue weighted by Crippen LogP contribution is -2.43. The first-order valence-corrected chi connectivity index (χ1v) is 8.74. The lowest BCUT2D eigenvalue weighted by atomic mass is 9.98. The fraction of sp³-hybridized carbons (Fsp3) is 0.263. The molecule has 7 heteroatoms. The molecule has 0 aromatic heterocycles. The van der Waals surface area contributed by atoms with Crippen LogP contribution in [0.4, 0.5) is 4.39 Å². The maximum atomic E-state index is 13.2. The van der Waals surface area contributed by atoms with Crippen LogP contribution in [-0.4, -0.2) is 34.3 Å². The summed E-state index contributed by atoms with van der Waals surface area (Å²) in [5.41, 5.74) is 2.84. The van der Waals surface area contributed by atoms with Crippen LogP contribution in [0, 0.1) is 0 Å². The summed E-state index contributed by atoms with van der Waals surface area (Å²) < 4.78 is 13.2. The first kappa shape index (κ1) is 20.4. The number of alkyl halides is 3. The normalized spacial score (nSPS) is 13.3. The minimum Gasteiger partial charge on any atom is -0.386 e. The van der Waals surface area contributed by atoms with Gasteiger partial charge >= 0.3 is 0 Å². The third kappa shape index (κ3) is 5.04. The van der Waals surface area contributed by atoms with E-state index >= 15 is 0 Å². The number of ketones is 1. The number of carbonyl (C=O) groups is 2. The van der Waals surface area contributed by atoms with E-state index in [9.17, 15) is 19.1 Å². The molecule has 0 bridgehead atoms. The van der Waals surface area contributed by atoms with Crippen molar-refractivity contribution in [2.75, 3.05) is 6.67 Å². The van der Waals surface area contributed by atoms with Crippen molar-refractivity contribution < 1.29 is 19.1 Å². The van der Waals surface area contributed by atoms with Gasteiger partial charge in [-0.2, -0.15) is 0 Å². The van der Waals surface area contributed by atoms with E-state index in [1.54, 1.807) is 36.4 Å². The van der Waals surface area contributed by atoms with Gasteiger partial charge < -0.3 is 10.4 Å². The maximum Gasteiger partial charge on any atom is 0.253 e. The van der Waals surface area contributed by atoms with Gasteiger partial charge in [0.25, 0.3) is 5.91 Å². The predicted molar refractivity (Wildman–Crippen MR) is 100 cm³/mol. The van der Waals surface area contributed by atoms with E-state index in [4.69, 9.17) is 23.2 Å². The number of hydrogen-bond donors (Lipinski definition) is 2. The SMILES string of the molecule is CC(=O)c1ccc(-c2ccc([C@@H](O)[C@@H](CF)NC(=O)C(Cl)Cl)cc2)cc1. The number of amides is 1. The molecule has 0 aliphatic heterocycles. The fourth-order valence-corrected chi connectivity index (χ4v) is 2.58. The van der Waals surface area contributed by atoms with Crippen molar-refractivity contribution in [2.45, 2.75) is 23.9 Å². The molecule has 138 valence electrons. The zero-order valence-corrected chi connectivity index (χ0v) is 15.5. The van der Waals surface area contributed by atoms with Gasteiger partial charge in [-0.15, -0.1) is 0 Å². The quantitative estimate of drug-likeness (QED) is 0.550. The van der Waals surface area contributed by atoms with Gasteiger partial charge in [-0.25, -0.2) is 4.39 Å². The second-order valence-corrected chi connectivity index (χ2v) is 6.87. The van der Waals surface area contributed by atoms with Crippen LogP contribution in [0.15, 0.2) is 48.5 Å². The Balaban J connectivity index is 2.14. The van der Waals surface area contributed by atoms with Gasteiger partial charge in [-0.05, 0) is 23.6 Å². The Labute approximate surface area is 160 Å². The molecule has 4 nitrogen and oxygen atoms in total. The summed E-state index contributed by atoms with van der Waals surface area (Å²) in [4.78, 5) is 21.5. The summed E-state index contributed by atoms with van der Waals surface area (Å²) >= 11 is 10.9. The maximum absolute atomic E-state index is 13.2. The zero-order chi connectivity index (χ0) is 19.3. The molecule has 0 aliphatic carbocycles.